The van der Waals surface area contributed by atoms with E-state index >= 15 is 0 Å². The summed E-state index contributed by atoms with van der Waals surface area (Å²) >= 11 is -0.370. The molecule has 3 fully saturated rings. The third-order valence-corrected chi connectivity index (χ3v) is 7.32. The van der Waals surface area contributed by atoms with E-state index in [4.69, 9.17) is 23.7 Å². The summed E-state index contributed by atoms with van der Waals surface area (Å²) in [4.78, 5) is 12.7. The van der Waals surface area contributed by atoms with Crippen molar-refractivity contribution in [3.63, 3.8) is 0 Å². The van der Waals surface area contributed by atoms with E-state index < -0.39 is 17.9 Å². The van der Waals surface area contributed by atoms with Gasteiger partial charge in [-0.05, 0) is 0 Å². The topological polar surface area (TPSA) is 63.2 Å². The van der Waals surface area contributed by atoms with Crippen molar-refractivity contribution in [1.82, 2.24) is 0 Å². The molecule has 26 heavy (non-hydrogen) atoms. The van der Waals surface area contributed by atoms with Crippen LogP contribution in [0.5, 0.6) is 0 Å². The van der Waals surface area contributed by atoms with Crippen molar-refractivity contribution in [3.05, 3.63) is 35.9 Å². The van der Waals surface area contributed by atoms with Crippen LogP contribution in [0.1, 0.15) is 38.1 Å². The predicted molar refractivity (Wildman–Crippen MR) is 93.9 cm³/mol. The molecule has 0 spiro atoms. The van der Waals surface area contributed by atoms with E-state index in [1.54, 1.807) is 0 Å². The molecule has 0 unspecified atom stereocenters. The van der Waals surface area contributed by atoms with Crippen LogP contribution in [-0.4, -0.2) is 62.4 Å². The van der Waals surface area contributed by atoms with Crippen molar-refractivity contribution in [1.29, 1.82) is 0 Å². The second-order valence-corrected chi connectivity index (χ2v) is 10.1. The number of carbonyl (C=O) groups excluding carboxylic acids is 1. The van der Waals surface area contributed by atoms with E-state index in [1.807, 2.05) is 58.0 Å². The molecule has 0 amide bonds. The fraction of sp³-hybridized carbons (Fsp3) is 0.632. The molecule has 0 aromatic heterocycles. The minimum absolute atomic E-state index is 0.0931. The molecule has 1 aromatic rings. The normalized spacial score (nSPS) is 37.6. The fourth-order valence-corrected chi connectivity index (χ4v) is 6.12. The maximum atomic E-state index is 12.8. The van der Waals surface area contributed by atoms with Crippen LogP contribution in [-0.2, 0) is 23.7 Å². The van der Waals surface area contributed by atoms with Gasteiger partial charge >= 0.3 is 159 Å². The summed E-state index contributed by atoms with van der Waals surface area (Å²) in [5, 5.41) is 0. The van der Waals surface area contributed by atoms with Crippen molar-refractivity contribution in [2.75, 3.05) is 6.61 Å². The summed E-state index contributed by atoms with van der Waals surface area (Å²) in [7, 11) is 0. The number of ether oxygens (including phenoxy) is 5. The van der Waals surface area contributed by atoms with Crippen molar-refractivity contribution in [2.45, 2.75) is 68.7 Å². The average molecular weight is 427 g/mol. The first kappa shape index (κ1) is 18.6. The molecule has 7 heteroatoms. The van der Waals surface area contributed by atoms with Gasteiger partial charge in [0.15, 0.2) is 0 Å². The van der Waals surface area contributed by atoms with E-state index in [9.17, 15) is 4.79 Å². The molecule has 3 aliphatic rings. The number of benzene rings is 1. The first-order valence-electron chi connectivity index (χ1n) is 8.83. The van der Waals surface area contributed by atoms with Gasteiger partial charge < -0.3 is 0 Å². The van der Waals surface area contributed by atoms with E-state index in [2.05, 4.69) is 0 Å². The Hall–Kier alpha value is -0.791. The molecule has 6 nitrogen and oxygen atoms in total. The van der Waals surface area contributed by atoms with Crippen LogP contribution >= 0.6 is 0 Å². The van der Waals surface area contributed by atoms with Gasteiger partial charge in [-0.15, -0.1) is 0 Å². The molecule has 1 aromatic carbocycles. The van der Waals surface area contributed by atoms with Gasteiger partial charge in [0.2, 0.25) is 0 Å². The molecule has 3 heterocycles. The number of carbonyl (C=O) groups is 1. The summed E-state index contributed by atoms with van der Waals surface area (Å²) in [5.41, 5.74) is 0.719. The second-order valence-electron chi connectivity index (χ2n) is 7.67. The Bertz CT molecular complexity index is 676. The first-order chi connectivity index (χ1) is 12.2. The van der Waals surface area contributed by atoms with Gasteiger partial charge in [-0.2, -0.15) is 0 Å². The molecular formula is C19H24O6Se. The van der Waals surface area contributed by atoms with Crippen LogP contribution in [0.3, 0.4) is 0 Å². The zero-order valence-electron chi connectivity index (χ0n) is 15.3. The number of hydrogen-bond donors (Lipinski definition) is 0. The van der Waals surface area contributed by atoms with Crippen LogP contribution in [0.2, 0.25) is 4.82 Å². The molecule has 0 N–H and O–H groups in total. The van der Waals surface area contributed by atoms with Crippen molar-refractivity contribution in [2.24, 2.45) is 0 Å². The second kappa shape index (κ2) is 6.67. The van der Waals surface area contributed by atoms with Crippen molar-refractivity contribution < 1.29 is 28.5 Å². The Morgan fingerprint density at radius 2 is 1.73 bits per heavy atom. The zero-order valence-corrected chi connectivity index (χ0v) is 17.1. The molecule has 142 valence electrons. The first-order valence-corrected chi connectivity index (χ1v) is 10.7. The number of fused-ring (bicyclic) bond motifs is 1. The summed E-state index contributed by atoms with van der Waals surface area (Å²) in [6, 6.07) is 9.36. The minimum atomic E-state index is -0.712. The van der Waals surface area contributed by atoms with Crippen LogP contribution < -0.4 is 0 Å². The van der Waals surface area contributed by atoms with Gasteiger partial charge in [-0.25, -0.2) is 0 Å². The summed E-state index contributed by atoms with van der Waals surface area (Å²) < 4.78 is 30.0. The van der Waals surface area contributed by atoms with E-state index in [1.165, 1.54) is 0 Å². The fourth-order valence-electron chi connectivity index (χ4n) is 3.58. The van der Waals surface area contributed by atoms with Gasteiger partial charge in [0.25, 0.3) is 0 Å². The van der Waals surface area contributed by atoms with Gasteiger partial charge in [-0.3, -0.25) is 0 Å². The van der Waals surface area contributed by atoms with E-state index in [0.29, 0.717) is 6.61 Å². The summed E-state index contributed by atoms with van der Waals surface area (Å²) in [6.07, 6.45) is -1.26. The Morgan fingerprint density at radius 1 is 1.00 bits per heavy atom. The molecule has 0 saturated carbocycles. The van der Waals surface area contributed by atoms with Gasteiger partial charge in [0.1, 0.15) is 0 Å². The van der Waals surface area contributed by atoms with Gasteiger partial charge in [0.05, 0.1) is 0 Å². The maximum absolute atomic E-state index is 12.8. The Labute approximate surface area is 159 Å². The third-order valence-electron chi connectivity index (χ3n) is 4.68. The monoisotopic (exact) mass is 428 g/mol. The van der Waals surface area contributed by atoms with Crippen molar-refractivity contribution in [3.8, 4) is 0 Å². The van der Waals surface area contributed by atoms with E-state index in [-0.39, 0.29) is 42.8 Å². The van der Waals surface area contributed by atoms with Crippen LogP contribution in [0.25, 0.3) is 0 Å². The summed E-state index contributed by atoms with van der Waals surface area (Å²) in [6.45, 7) is 7.94. The number of rotatable bonds is 4. The van der Waals surface area contributed by atoms with E-state index in [0.717, 1.165) is 5.56 Å². The average Bonchev–Trinajstić information content (AvgIpc) is 3.18. The number of hydrogen-bond acceptors (Lipinski definition) is 6. The standard InChI is InChI=1S/C19H24O6Se/c1-18(2)21-10-12(23-18)13-15(14-17(22-13)25-19(3,4)24-14)26-16(20)11-8-6-5-7-9-11/h5-9,12-15,17H,10H2,1-4H3/t12-,13-,14-,15+,17-/m1/s1. The molecule has 5 atom stereocenters. The summed E-state index contributed by atoms with van der Waals surface area (Å²) in [5.74, 6) is -1.36. The SMILES string of the molecule is CC1(C)O[C@H]2O[C@H]([C@H]3COC(C)(C)O3)[C@H]([Se]C(=O)c3ccccc3)[C@H]2O1. The molecule has 0 bridgehead atoms. The molecule has 3 saturated heterocycles. The Balaban J connectivity index is 1.55. The van der Waals surface area contributed by atoms with Gasteiger partial charge in [0, 0.05) is 0 Å². The molecule has 4 rings (SSSR count). The quantitative estimate of drug-likeness (QED) is 0.688. The van der Waals surface area contributed by atoms with Crippen LogP contribution in [0.15, 0.2) is 30.3 Å². The Kier molecular flexibility index (Phi) is 4.76. The molecular weight excluding hydrogens is 403 g/mol. The van der Waals surface area contributed by atoms with Crippen LogP contribution in [0, 0.1) is 0 Å². The molecule has 0 radical (unpaired) electrons. The van der Waals surface area contributed by atoms with Crippen molar-refractivity contribution >= 4 is 19.6 Å². The van der Waals surface area contributed by atoms with Crippen LogP contribution in [0.4, 0.5) is 0 Å². The zero-order chi connectivity index (χ0) is 18.5. The predicted octanol–water partition coefficient (Wildman–Crippen LogP) is 2.35. The molecule has 3 aliphatic heterocycles. The van der Waals surface area contributed by atoms with Gasteiger partial charge in [-0.1, -0.05) is 0 Å². The third kappa shape index (κ3) is 3.62. The molecule has 0 aliphatic carbocycles. The Morgan fingerprint density at radius 3 is 2.38 bits per heavy atom.